The van der Waals surface area contributed by atoms with Gasteiger partial charge in [0.25, 0.3) is 5.91 Å². The molecule has 0 radical (unpaired) electrons. The van der Waals surface area contributed by atoms with Crippen LogP contribution in [0, 0.1) is 0 Å². The number of aryl methyl sites for hydroxylation is 1. The Morgan fingerprint density at radius 2 is 1.65 bits per heavy atom. The first kappa shape index (κ1) is 24.2. The molecule has 0 fully saturated rings. The van der Waals surface area contributed by atoms with Crippen molar-refractivity contribution in [2.45, 2.75) is 12.8 Å². The van der Waals surface area contributed by atoms with E-state index in [1.807, 2.05) is 47.8 Å². The summed E-state index contributed by atoms with van der Waals surface area (Å²) < 4.78 is 5.91. The minimum atomic E-state index is -0.856. The van der Waals surface area contributed by atoms with Crippen molar-refractivity contribution < 1.29 is 19.1 Å². The number of ether oxygens (including phenoxy) is 1. The Morgan fingerprint density at radius 3 is 2.21 bits per heavy atom. The number of carbonyl (C=O) groups is 3. The molecule has 0 aliphatic rings. The van der Waals surface area contributed by atoms with Crippen molar-refractivity contribution in [2.75, 3.05) is 14.1 Å². The van der Waals surface area contributed by atoms with Crippen LogP contribution in [0.5, 0.6) is 11.5 Å². The average Bonchev–Trinajstić information content (AvgIpc) is 2.82. The number of rotatable bonds is 8. The SMILES string of the molecule is CN(C)C(=O)C(=Cc1cccnc1)c1ccc(Oc2ccc(CCC(=O)NC(N)=O)cc2)cc1. The van der Waals surface area contributed by atoms with Crippen LogP contribution in [0.3, 0.4) is 0 Å². The van der Waals surface area contributed by atoms with E-state index in [4.69, 9.17) is 10.5 Å². The van der Waals surface area contributed by atoms with E-state index in [2.05, 4.69) is 4.98 Å². The molecule has 1 heterocycles. The second-order valence-corrected chi connectivity index (χ2v) is 7.73. The van der Waals surface area contributed by atoms with Gasteiger partial charge in [-0.1, -0.05) is 30.3 Å². The molecule has 0 saturated carbocycles. The first-order valence-electron chi connectivity index (χ1n) is 10.6. The molecule has 8 nitrogen and oxygen atoms in total. The predicted octanol–water partition coefficient (Wildman–Crippen LogP) is 3.63. The lowest BCUT2D eigenvalue weighted by Crippen LogP contribution is -2.35. The zero-order valence-electron chi connectivity index (χ0n) is 19.0. The monoisotopic (exact) mass is 458 g/mol. The Balaban J connectivity index is 1.68. The number of aromatic nitrogens is 1. The second kappa shape index (κ2) is 11.4. The topological polar surface area (TPSA) is 115 Å². The van der Waals surface area contributed by atoms with Crippen LogP contribution in [0.15, 0.2) is 73.1 Å². The molecule has 3 aromatic rings. The summed E-state index contributed by atoms with van der Waals surface area (Å²) in [5.74, 6) is 0.721. The number of imide groups is 1. The molecule has 0 bridgehead atoms. The van der Waals surface area contributed by atoms with E-state index in [-0.39, 0.29) is 12.3 Å². The molecule has 3 N–H and O–H groups in total. The van der Waals surface area contributed by atoms with E-state index in [9.17, 15) is 14.4 Å². The summed E-state index contributed by atoms with van der Waals surface area (Å²) in [5.41, 5.74) is 8.00. The number of nitrogens with two attached hydrogens (primary N) is 1. The van der Waals surface area contributed by atoms with Gasteiger partial charge in [0.05, 0.1) is 0 Å². The molecule has 2 aromatic carbocycles. The van der Waals surface area contributed by atoms with E-state index in [0.29, 0.717) is 23.5 Å². The maximum absolute atomic E-state index is 12.8. The second-order valence-electron chi connectivity index (χ2n) is 7.73. The fraction of sp³-hybridized carbons (Fsp3) is 0.154. The Labute approximate surface area is 198 Å². The Hall–Kier alpha value is -4.46. The van der Waals surface area contributed by atoms with Gasteiger partial charge in [-0.3, -0.25) is 19.9 Å². The summed E-state index contributed by atoms with van der Waals surface area (Å²) in [7, 11) is 3.43. The molecule has 4 amide bonds. The lowest BCUT2D eigenvalue weighted by Gasteiger charge is -2.15. The largest absolute Gasteiger partial charge is 0.457 e. The van der Waals surface area contributed by atoms with Crippen LogP contribution < -0.4 is 15.8 Å². The summed E-state index contributed by atoms with van der Waals surface area (Å²) in [4.78, 5) is 40.6. The highest BCUT2D eigenvalue weighted by Crippen LogP contribution is 2.26. The minimum absolute atomic E-state index is 0.113. The summed E-state index contributed by atoms with van der Waals surface area (Å²) in [5, 5.41) is 2.04. The van der Waals surface area contributed by atoms with E-state index in [1.165, 1.54) is 4.90 Å². The zero-order chi connectivity index (χ0) is 24.5. The summed E-state index contributed by atoms with van der Waals surface area (Å²) >= 11 is 0. The van der Waals surface area contributed by atoms with Gasteiger partial charge in [-0.05, 0) is 59.5 Å². The number of primary amides is 1. The maximum Gasteiger partial charge on any atom is 0.318 e. The standard InChI is InChI=1S/C26H26N4O4/c1-30(2)25(32)23(16-19-4-3-15-28-17-19)20-8-12-22(13-9-20)34-21-10-5-18(6-11-21)7-14-24(31)29-26(27)33/h3-6,8-13,15-17H,7,14H2,1-2H3,(H3,27,29,31,33). The van der Waals surface area contributed by atoms with E-state index in [0.717, 1.165) is 16.7 Å². The Kier molecular flexibility index (Phi) is 8.12. The Bertz CT molecular complexity index is 1170. The van der Waals surface area contributed by atoms with Gasteiger partial charge in [-0.15, -0.1) is 0 Å². The van der Waals surface area contributed by atoms with Crippen LogP contribution >= 0.6 is 0 Å². The highest BCUT2D eigenvalue weighted by Gasteiger charge is 2.14. The number of hydrogen-bond donors (Lipinski definition) is 2. The zero-order valence-corrected chi connectivity index (χ0v) is 19.0. The number of nitrogens with zero attached hydrogens (tertiary/aromatic N) is 2. The van der Waals surface area contributed by atoms with Crippen LogP contribution in [-0.4, -0.2) is 41.8 Å². The number of carbonyl (C=O) groups excluding carboxylic acids is 3. The first-order chi connectivity index (χ1) is 16.3. The van der Waals surface area contributed by atoms with Gasteiger partial charge < -0.3 is 15.4 Å². The fourth-order valence-electron chi connectivity index (χ4n) is 3.16. The third kappa shape index (κ3) is 7.03. The maximum atomic E-state index is 12.8. The molecule has 0 unspecified atom stereocenters. The van der Waals surface area contributed by atoms with Crippen molar-refractivity contribution in [3.05, 3.63) is 89.7 Å². The van der Waals surface area contributed by atoms with Crippen LogP contribution in [-0.2, 0) is 16.0 Å². The van der Waals surface area contributed by atoms with Crippen molar-refractivity contribution >= 4 is 29.5 Å². The lowest BCUT2D eigenvalue weighted by molar-refractivity contribution is -0.122. The number of hydrogen-bond acceptors (Lipinski definition) is 5. The number of likely N-dealkylation sites (N-methyl/N-ethyl adjacent to an activating group) is 1. The summed E-state index contributed by atoms with van der Waals surface area (Å²) in [6.07, 6.45) is 5.83. The van der Waals surface area contributed by atoms with Crippen molar-refractivity contribution in [1.29, 1.82) is 0 Å². The van der Waals surface area contributed by atoms with Gasteiger partial charge in [0.15, 0.2) is 0 Å². The first-order valence-corrected chi connectivity index (χ1v) is 10.6. The van der Waals surface area contributed by atoms with Gasteiger partial charge >= 0.3 is 6.03 Å². The van der Waals surface area contributed by atoms with Crippen molar-refractivity contribution in [2.24, 2.45) is 5.73 Å². The molecule has 174 valence electrons. The van der Waals surface area contributed by atoms with E-state index >= 15 is 0 Å². The highest BCUT2D eigenvalue weighted by molar-refractivity contribution is 6.24. The molecule has 0 atom stereocenters. The quantitative estimate of drug-likeness (QED) is 0.500. The van der Waals surface area contributed by atoms with Gasteiger partial charge in [0, 0.05) is 38.5 Å². The lowest BCUT2D eigenvalue weighted by atomic mass is 10.0. The van der Waals surface area contributed by atoms with Crippen LogP contribution in [0.1, 0.15) is 23.1 Å². The molecule has 3 rings (SSSR count). The highest BCUT2D eigenvalue weighted by atomic mass is 16.5. The molecule has 8 heteroatoms. The molecule has 0 saturated heterocycles. The van der Waals surface area contributed by atoms with E-state index in [1.54, 1.807) is 50.8 Å². The normalized spacial score (nSPS) is 10.9. The molecule has 1 aromatic heterocycles. The predicted molar refractivity (Wildman–Crippen MR) is 130 cm³/mol. The van der Waals surface area contributed by atoms with Crippen LogP contribution in [0.2, 0.25) is 0 Å². The van der Waals surface area contributed by atoms with Gasteiger partial charge in [0.2, 0.25) is 5.91 Å². The van der Waals surface area contributed by atoms with Crippen molar-refractivity contribution in [3.8, 4) is 11.5 Å². The molecule has 0 aliphatic carbocycles. The molecular formula is C26H26N4O4. The van der Waals surface area contributed by atoms with Crippen LogP contribution in [0.25, 0.3) is 11.6 Å². The number of benzene rings is 2. The fourth-order valence-corrected chi connectivity index (χ4v) is 3.16. The molecule has 34 heavy (non-hydrogen) atoms. The van der Waals surface area contributed by atoms with Crippen molar-refractivity contribution in [1.82, 2.24) is 15.2 Å². The number of amides is 4. The third-order valence-electron chi connectivity index (χ3n) is 4.86. The van der Waals surface area contributed by atoms with Gasteiger partial charge in [-0.25, -0.2) is 4.79 Å². The Morgan fingerprint density at radius 1 is 1.00 bits per heavy atom. The average molecular weight is 459 g/mol. The van der Waals surface area contributed by atoms with Gasteiger partial charge in [0.1, 0.15) is 11.5 Å². The smallest absolute Gasteiger partial charge is 0.318 e. The summed E-state index contributed by atoms with van der Waals surface area (Å²) in [6, 6.07) is 17.5. The van der Waals surface area contributed by atoms with E-state index < -0.39 is 11.9 Å². The minimum Gasteiger partial charge on any atom is -0.457 e. The third-order valence-corrected chi connectivity index (χ3v) is 4.86. The summed E-state index contributed by atoms with van der Waals surface area (Å²) in [6.45, 7) is 0. The number of pyridine rings is 1. The van der Waals surface area contributed by atoms with Crippen molar-refractivity contribution in [3.63, 3.8) is 0 Å². The van der Waals surface area contributed by atoms with Crippen LogP contribution in [0.4, 0.5) is 4.79 Å². The molecular weight excluding hydrogens is 432 g/mol. The van der Waals surface area contributed by atoms with Gasteiger partial charge in [-0.2, -0.15) is 0 Å². The number of urea groups is 1. The molecule has 0 aliphatic heterocycles. The molecule has 0 spiro atoms. The number of nitrogens with one attached hydrogen (secondary N) is 1.